The number of rotatable bonds is 7. The van der Waals surface area contributed by atoms with Crippen LogP contribution in [-0.2, 0) is 9.53 Å². The fraction of sp³-hybridized carbons (Fsp3) is 0.917. The van der Waals surface area contributed by atoms with Crippen molar-refractivity contribution in [2.75, 3.05) is 20.2 Å². The molecule has 1 saturated carbocycles. The van der Waals surface area contributed by atoms with Gasteiger partial charge in [0.15, 0.2) is 0 Å². The van der Waals surface area contributed by atoms with E-state index in [0.29, 0.717) is 19.3 Å². The number of carbonyl (C=O) groups is 1. The molecule has 2 atom stereocenters. The quantitative estimate of drug-likeness (QED) is 0.591. The van der Waals surface area contributed by atoms with Crippen LogP contribution >= 0.6 is 0 Å². The van der Waals surface area contributed by atoms with Crippen LogP contribution in [0, 0.1) is 0 Å². The highest BCUT2D eigenvalue weighted by molar-refractivity contribution is 5.80. The van der Waals surface area contributed by atoms with Gasteiger partial charge in [0, 0.05) is 13.6 Å². The third-order valence-corrected chi connectivity index (χ3v) is 3.13. The molecule has 1 rings (SSSR count). The van der Waals surface area contributed by atoms with Gasteiger partial charge in [-0.3, -0.25) is 4.79 Å². The average Bonchev–Trinajstić information content (AvgIpc) is 2.85. The number of aliphatic hydroxyl groups excluding tert-OH is 1. The number of likely N-dealkylation sites (N-methyl/N-ethyl adjacent to an activating group) is 1. The second kappa shape index (κ2) is 7.63. The third-order valence-electron chi connectivity index (χ3n) is 3.13. The van der Waals surface area contributed by atoms with Gasteiger partial charge in [0.2, 0.25) is 5.91 Å². The molecule has 1 aliphatic carbocycles. The summed E-state index contributed by atoms with van der Waals surface area (Å²) in [7, 11) is 1.60. The van der Waals surface area contributed by atoms with Crippen LogP contribution in [0.3, 0.4) is 0 Å². The van der Waals surface area contributed by atoms with Crippen molar-refractivity contribution in [1.82, 2.24) is 10.6 Å². The Bertz CT molecular complexity index is 230. The molecule has 5 heteroatoms. The molecule has 5 nitrogen and oxygen atoms in total. The lowest BCUT2D eigenvalue weighted by molar-refractivity contribution is -0.122. The molecule has 0 aromatic carbocycles. The number of carbonyl (C=O) groups excluding carboxylic acids is 1. The first-order valence-electron chi connectivity index (χ1n) is 6.38. The van der Waals surface area contributed by atoms with E-state index >= 15 is 0 Å². The molecule has 2 unspecified atom stereocenters. The fourth-order valence-corrected chi connectivity index (χ4v) is 1.98. The van der Waals surface area contributed by atoms with Gasteiger partial charge in [0.05, 0.1) is 24.9 Å². The van der Waals surface area contributed by atoms with Gasteiger partial charge in [-0.1, -0.05) is 12.8 Å². The largest absolute Gasteiger partial charge is 0.389 e. The minimum absolute atomic E-state index is 0.0751. The number of ether oxygens (including phenoxy) is 1. The van der Waals surface area contributed by atoms with E-state index in [-0.39, 0.29) is 11.9 Å². The summed E-state index contributed by atoms with van der Waals surface area (Å²) in [6.07, 6.45) is 4.44. The van der Waals surface area contributed by atoms with Crippen molar-refractivity contribution in [3.05, 3.63) is 0 Å². The van der Waals surface area contributed by atoms with Crippen molar-refractivity contribution < 1.29 is 14.6 Å². The maximum atomic E-state index is 11.2. The Morgan fingerprint density at radius 3 is 2.71 bits per heavy atom. The van der Waals surface area contributed by atoms with Gasteiger partial charge in [-0.25, -0.2) is 0 Å². The van der Waals surface area contributed by atoms with Gasteiger partial charge >= 0.3 is 0 Å². The molecule has 0 spiro atoms. The highest BCUT2D eigenvalue weighted by Gasteiger charge is 2.17. The zero-order chi connectivity index (χ0) is 12.7. The van der Waals surface area contributed by atoms with E-state index in [0.717, 1.165) is 12.8 Å². The maximum absolute atomic E-state index is 11.2. The lowest BCUT2D eigenvalue weighted by atomic mass is 10.2. The zero-order valence-electron chi connectivity index (χ0n) is 10.7. The highest BCUT2D eigenvalue weighted by atomic mass is 16.5. The van der Waals surface area contributed by atoms with Crippen LogP contribution in [0.25, 0.3) is 0 Å². The number of hydrogen-bond donors (Lipinski definition) is 3. The van der Waals surface area contributed by atoms with Crippen LogP contribution in [0.5, 0.6) is 0 Å². The second-order valence-corrected chi connectivity index (χ2v) is 4.64. The molecule has 1 amide bonds. The molecular weight excluding hydrogens is 220 g/mol. The van der Waals surface area contributed by atoms with Crippen LogP contribution in [0.15, 0.2) is 0 Å². The summed E-state index contributed by atoms with van der Waals surface area (Å²) in [5, 5.41) is 15.2. The number of nitrogens with one attached hydrogen (secondary N) is 2. The van der Waals surface area contributed by atoms with Crippen LogP contribution in [-0.4, -0.2) is 49.5 Å². The molecule has 0 saturated heterocycles. The summed E-state index contributed by atoms with van der Waals surface area (Å²) in [5.74, 6) is -0.0751. The summed E-state index contributed by atoms with van der Waals surface area (Å²) < 4.78 is 5.59. The molecule has 17 heavy (non-hydrogen) atoms. The van der Waals surface area contributed by atoms with E-state index in [1.165, 1.54) is 12.8 Å². The van der Waals surface area contributed by atoms with Crippen molar-refractivity contribution in [1.29, 1.82) is 0 Å². The van der Waals surface area contributed by atoms with Crippen molar-refractivity contribution >= 4 is 5.91 Å². The molecule has 0 heterocycles. The number of hydrogen-bond acceptors (Lipinski definition) is 4. The Hall–Kier alpha value is -0.650. The van der Waals surface area contributed by atoms with E-state index in [9.17, 15) is 9.90 Å². The normalized spacial score (nSPS) is 20.2. The standard InChI is InChI=1S/C12H24N2O3/c1-9(12(16)13-2)14-7-10(15)8-17-11-5-3-4-6-11/h9-11,14-15H,3-8H2,1-2H3,(H,13,16). The van der Waals surface area contributed by atoms with Gasteiger partial charge in [-0.05, 0) is 19.8 Å². The zero-order valence-corrected chi connectivity index (χ0v) is 10.7. The van der Waals surface area contributed by atoms with Crippen molar-refractivity contribution in [3.63, 3.8) is 0 Å². The van der Waals surface area contributed by atoms with Gasteiger partial charge in [0.1, 0.15) is 0 Å². The van der Waals surface area contributed by atoms with Gasteiger partial charge in [-0.15, -0.1) is 0 Å². The Morgan fingerprint density at radius 2 is 2.12 bits per heavy atom. The smallest absolute Gasteiger partial charge is 0.236 e. The number of aliphatic hydroxyl groups is 1. The van der Waals surface area contributed by atoms with E-state index in [4.69, 9.17) is 4.74 Å². The molecular formula is C12H24N2O3. The van der Waals surface area contributed by atoms with Crippen LogP contribution in [0.4, 0.5) is 0 Å². The summed E-state index contributed by atoms with van der Waals surface area (Å²) >= 11 is 0. The van der Waals surface area contributed by atoms with E-state index in [1.807, 2.05) is 0 Å². The predicted molar refractivity (Wildman–Crippen MR) is 65.7 cm³/mol. The first-order chi connectivity index (χ1) is 8.13. The first-order valence-corrected chi connectivity index (χ1v) is 6.38. The SMILES string of the molecule is CNC(=O)C(C)NCC(O)COC1CCCC1. The van der Waals surface area contributed by atoms with E-state index in [1.54, 1.807) is 14.0 Å². The molecule has 3 N–H and O–H groups in total. The molecule has 100 valence electrons. The summed E-state index contributed by atoms with van der Waals surface area (Å²) in [6, 6.07) is -0.291. The summed E-state index contributed by atoms with van der Waals surface area (Å²) in [6.45, 7) is 2.49. The Balaban J connectivity index is 2.07. The molecule has 0 aromatic heterocycles. The average molecular weight is 244 g/mol. The van der Waals surface area contributed by atoms with E-state index < -0.39 is 6.10 Å². The molecule has 0 bridgehead atoms. The Kier molecular flexibility index (Phi) is 6.47. The van der Waals surface area contributed by atoms with Gasteiger partial charge in [-0.2, -0.15) is 0 Å². The summed E-state index contributed by atoms with van der Waals surface area (Å²) in [5.41, 5.74) is 0. The van der Waals surface area contributed by atoms with Crippen LogP contribution < -0.4 is 10.6 Å². The second-order valence-electron chi connectivity index (χ2n) is 4.64. The minimum atomic E-state index is -0.553. The van der Waals surface area contributed by atoms with Crippen molar-refractivity contribution in [3.8, 4) is 0 Å². The van der Waals surface area contributed by atoms with Gasteiger partial charge < -0.3 is 20.5 Å². The Morgan fingerprint density at radius 1 is 1.47 bits per heavy atom. The predicted octanol–water partition coefficient (Wildman–Crippen LogP) is 0.0306. The third kappa shape index (κ3) is 5.48. The monoisotopic (exact) mass is 244 g/mol. The minimum Gasteiger partial charge on any atom is -0.389 e. The maximum Gasteiger partial charge on any atom is 0.236 e. The first kappa shape index (κ1) is 14.4. The number of amides is 1. The van der Waals surface area contributed by atoms with Crippen LogP contribution in [0.1, 0.15) is 32.6 Å². The molecule has 0 aromatic rings. The fourth-order valence-electron chi connectivity index (χ4n) is 1.98. The van der Waals surface area contributed by atoms with Crippen LogP contribution in [0.2, 0.25) is 0 Å². The molecule has 0 aliphatic heterocycles. The Labute approximate surface area is 103 Å². The highest BCUT2D eigenvalue weighted by Crippen LogP contribution is 2.20. The molecule has 0 radical (unpaired) electrons. The van der Waals surface area contributed by atoms with Crippen molar-refractivity contribution in [2.45, 2.75) is 50.9 Å². The lowest BCUT2D eigenvalue weighted by Crippen LogP contribution is -2.44. The lowest BCUT2D eigenvalue weighted by Gasteiger charge is -2.18. The topological polar surface area (TPSA) is 70.6 Å². The molecule has 1 aliphatic rings. The van der Waals surface area contributed by atoms with Gasteiger partial charge in [0.25, 0.3) is 0 Å². The van der Waals surface area contributed by atoms with Crippen molar-refractivity contribution in [2.24, 2.45) is 0 Å². The summed E-state index contributed by atoms with van der Waals surface area (Å²) in [4.78, 5) is 11.2. The molecule has 1 fully saturated rings. The van der Waals surface area contributed by atoms with E-state index in [2.05, 4.69) is 10.6 Å².